The van der Waals surface area contributed by atoms with Crippen molar-refractivity contribution in [2.24, 2.45) is 0 Å². The molecule has 0 amide bonds. The molecule has 1 unspecified atom stereocenters. The lowest BCUT2D eigenvalue weighted by Crippen LogP contribution is -2.23. The minimum Gasteiger partial charge on any atom is -0.304 e. The first-order chi connectivity index (χ1) is 9.47. The molecule has 0 bridgehead atoms. The molecular formula is C18H22FN. The fourth-order valence-corrected chi connectivity index (χ4v) is 2.54. The maximum absolute atomic E-state index is 13.0. The van der Waals surface area contributed by atoms with Gasteiger partial charge in [0.15, 0.2) is 0 Å². The molecule has 0 aromatic heterocycles. The van der Waals surface area contributed by atoms with Crippen molar-refractivity contribution in [2.75, 3.05) is 0 Å². The van der Waals surface area contributed by atoms with Crippen LogP contribution in [0.25, 0.3) is 0 Å². The van der Waals surface area contributed by atoms with Crippen molar-refractivity contribution in [3.8, 4) is 0 Å². The highest BCUT2D eigenvalue weighted by Gasteiger charge is 2.13. The van der Waals surface area contributed by atoms with Crippen LogP contribution in [-0.4, -0.2) is 0 Å². The Hall–Kier alpha value is -1.67. The Labute approximate surface area is 120 Å². The summed E-state index contributed by atoms with van der Waals surface area (Å²) in [5, 5.41) is 3.58. The van der Waals surface area contributed by atoms with E-state index in [1.54, 1.807) is 0 Å². The molecule has 0 aliphatic heterocycles. The molecule has 20 heavy (non-hydrogen) atoms. The summed E-state index contributed by atoms with van der Waals surface area (Å²) in [7, 11) is 0. The molecule has 0 saturated heterocycles. The second-order valence-electron chi connectivity index (χ2n) is 5.52. The Morgan fingerprint density at radius 1 is 0.900 bits per heavy atom. The first-order valence-corrected chi connectivity index (χ1v) is 7.06. The maximum Gasteiger partial charge on any atom is 0.123 e. The monoisotopic (exact) mass is 271 g/mol. The zero-order chi connectivity index (χ0) is 14.7. The molecule has 2 atom stereocenters. The predicted molar refractivity (Wildman–Crippen MR) is 82.3 cm³/mol. The van der Waals surface area contributed by atoms with E-state index < -0.39 is 0 Å². The minimum absolute atomic E-state index is 0.186. The van der Waals surface area contributed by atoms with Crippen molar-refractivity contribution >= 4 is 0 Å². The third kappa shape index (κ3) is 3.45. The van der Waals surface area contributed by atoms with Crippen molar-refractivity contribution < 1.29 is 4.39 Å². The lowest BCUT2D eigenvalue weighted by Gasteiger charge is -2.22. The summed E-state index contributed by atoms with van der Waals surface area (Å²) < 4.78 is 13.0. The predicted octanol–water partition coefficient (Wildman–Crippen LogP) is 4.85. The zero-order valence-corrected chi connectivity index (χ0v) is 12.6. The standard InChI is InChI=1S/C18H22FN/c1-12-5-6-13(2)18(11-12)15(4)20-14(3)16-7-9-17(19)10-8-16/h5-11,14-15,20H,1-4H3/t14-,15?/m0/s1. The zero-order valence-electron chi connectivity index (χ0n) is 12.6. The molecule has 2 aromatic carbocycles. The van der Waals surface area contributed by atoms with Crippen molar-refractivity contribution in [3.05, 3.63) is 70.5 Å². The van der Waals surface area contributed by atoms with Gasteiger partial charge in [-0.2, -0.15) is 0 Å². The van der Waals surface area contributed by atoms with Gasteiger partial charge in [0.25, 0.3) is 0 Å². The second kappa shape index (κ2) is 6.19. The number of benzene rings is 2. The fourth-order valence-electron chi connectivity index (χ4n) is 2.54. The number of hydrogen-bond donors (Lipinski definition) is 1. The highest BCUT2D eigenvalue weighted by atomic mass is 19.1. The first kappa shape index (κ1) is 14.7. The quantitative estimate of drug-likeness (QED) is 0.837. The molecule has 2 heteroatoms. The second-order valence-corrected chi connectivity index (χ2v) is 5.52. The van der Waals surface area contributed by atoms with Crippen LogP contribution < -0.4 is 5.32 Å². The fraction of sp³-hybridized carbons (Fsp3) is 0.333. The Kier molecular flexibility index (Phi) is 4.56. The van der Waals surface area contributed by atoms with E-state index >= 15 is 0 Å². The Balaban J connectivity index is 2.12. The summed E-state index contributed by atoms with van der Waals surface area (Å²) in [4.78, 5) is 0. The third-order valence-electron chi connectivity index (χ3n) is 3.77. The summed E-state index contributed by atoms with van der Waals surface area (Å²) >= 11 is 0. The lowest BCUT2D eigenvalue weighted by molar-refractivity contribution is 0.492. The van der Waals surface area contributed by atoms with E-state index in [1.807, 2.05) is 12.1 Å². The van der Waals surface area contributed by atoms with E-state index in [1.165, 1.54) is 28.8 Å². The highest BCUT2D eigenvalue weighted by Crippen LogP contribution is 2.23. The SMILES string of the molecule is Cc1ccc(C)c(C(C)N[C@@H](C)c2ccc(F)cc2)c1. The Morgan fingerprint density at radius 3 is 2.20 bits per heavy atom. The summed E-state index contributed by atoms with van der Waals surface area (Å²) in [6.07, 6.45) is 0. The molecule has 0 radical (unpaired) electrons. The Morgan fingerprint density at radius 2 is 1.55 bits per heavy atom. The average molecular weight is 271 g/mol. The van der Waals surface area contributed by atoms with E-state index in [0.29, 0.717) is 0 Å². The summed E-state index contributed by atoms with van der Waals surface area (Å²) in [6, 6.07) is 13.7. The molecule has 2 aromatic rings. The van der Waals surface area contributed by atoms with Crippen LogP contribution in [0.5, 0.6) is 0 Å². The number of nitrogens with one attached hydrogen (secondary N) is 1. The molecule has 0 fully saturated rings. The van der Waals surface area contributed by atoms with E-state index in [-0.39, 0.29) is 17.9 Å². The van der Waals surface area contributed by atoms with Gasteiger partial charge in [-0.1, -0.05) is 35.9 Å². The van der Waals surface area contributed by atoms with Crippen LogP contribution in [-0.2, 0) is 0 Å². The lowest BCUT2D eigenvalue weighted by atomic mass is 9.98. The van der Waals surface area contributed by atoms with Crippen LogP contribution >= 0.6 is 0 Å². The van der Waals surface area contributed by atoms with Crippen LogP contribution in [0, 0.1) is 19.7 Å². The number of hydrogen-bond acceptors (Lipinski definition) is 1. The van der Waals surface area contributed by atoms with Gasteiger partial charge in [-0.15, -0.1) is 0 Å². The number of rotatable bonds is 4. The third-order valence-corrected chi connectivity index (χ3v) is 3.77. The molecule has 0 aliphatic carbocycles. The first-order valence-electron chi connectivity index (χ1n) is 7.06. The summed E-state index contributed by atoms with van der Waals surface area (Å²) in [5.41, 5.74) is 4.98. The molecule has 1 N–H and O–H groups in total. The van der Waals surface area contributed by atoms with Crippen molar-refractivity contribution in [3.63, 3.8) is 0 Å². The van der Waals surface area contributed by atoms with E-state index in [2.05, 4.69) is 51.2 Å². The van der Waals surface area contributed by atoms with Gasteiger partial charge in [-0.3, -0.25) is 0 Å². The van der Waals surface area contributed by atoms with Crippen LogP contribution in [0.15, 0.2) is 42.5 Å². The van der Waals surface area contributed by atoms with Gasteiger partial charge in [-0.05, 0) is 56.5 Å². The minimum atomic E-state index is -0.191. The molecule has 0 aliphatic rings. The largest absolute Gasteiger partial charge is 0.304 e. The highest BCUT2D eigenvalue weighted by molar-refractivity contribution is 5.33. The summed E-state index contributed by atoms with van der Waals surface area (Å²) in [6.45, 7) is 8.52. The molecule has 0 saturated carbocycles. The molecular weight excluding hydrogens is 249 g/mol. The van der Waals surface area contributed by atoms with Gasteiger partial charge in [0, 0.05) is 12.1 Å². The van der Waals surface area contributed by atoms with Crippen LogP contribution in [0.2, 0.25) is 0 Å². The number of aryl methyl sites for hydroxylation is 2. The Bertz CT molecular complexity index is 574. The van der Waals surface area contributed by atoms with Crippen LogP contribution in [0.1, 0.15) is 48.2 Å². The number of halogens is 1. The van der Waals surface area contributed by atoms with Gasteiger partial charge in [-0.25, -0.2) is 4.39 Å². The van der Waals surface area contributed by atoms with Crippen molar-refractivity contribution in [1.82, 2.24) is 5.32 Å². The molecule has 2 rings (SSSR count). The maximum atomic E-state index is 13.0. The van der Waals surface area contributed by atoms with Crippen molar-refractivity contribution in [2.45, 2.75) is 39.8 Å². The van der Waals surface area contributed by atoms with Gasteiger partial charge in [0.1, 0.15) is 5.82 Å². The summed E-state index contributed by atoms with van der Waals surface area (Å²) in [5.74, 6) is -0.191. The molecule has 1 nitrogen and oxygen atoms in total. The van der Waals surface area contributed by atoms with Gasteiger partial charge in [0.2, 0.25) is 0 Å². The van der Waals surface area contributed by atoms with Gasteiger partial charge in [0.05, 0.1) is 0 Å². The average Bonchev–Trinajstić information content (AvgIpc) is 2.42. The van der Waals surface area contributed by atoms with Gasteiger partial charge < -0.3 is 5.32 Å². The van der Waals surface area contributed by atoms with Gasteiger partial charge >= 0.3 is 0 Å². The molecule has 0 spiro atoms. The van der Waals surface area contributed by atoms with Crippen LogP contribution in [0.4, 0.5) is 4.39 Å². The van der Waals surface area contributed by atoms with Crippen LogP contribution in [0.3, 0.4) is 0 Å². The molecule has 0 heterocycles. The normalized spacial score (nSPS) is 14.1. The van der Waals surface area contributed by atoms with E-state index in [0.717, 1.165) is 5.56 Å². The smallest absolute Gasteiger partial charge is 0.123 e. The topological polar surface area (TPSA) is 12.0 Å². The van der Waals surface area contributed by atoms with Crippen molar-refractivity contribution in [1.29, 1.82) is 0 Å². The van der Waals surface area contributed by atoms with E-state index in [9.17, 15) is 4.39 Å². The van der Waals surface area contributed by atoms with E-state index in [4.69, 9.17) is 0 Å². The molecule has 106 valence electrons.